The van der Waals surface area contributed by atoms with Gasteiger partial charge >= 0.3 is 0 Å². The minimum atomic E-state index is 0.310. The molecule has 0 amide bonds. The molecular formula is C3H6OS. The van der Waals surface area contributed by atoms with Gasteiger partial charge in [-0.3, -0.25) is 0 Å². The molecule has 0 saturated heterocycles. The van der Waals surface area contributed by atoms with E-state index in [4.69, 9.17) is 5.11 Å². The Morgan fingerprint density at radius 3 is 2.20 bits per heavy atom. The predicted octanol–water partition coefficient (Wildman–Crippen LogP) is 0.859. The van der Waals surface area contributed by atoms with Crippen LogP contribution in [0.2, 0.25) is 0 Å². The van der Waals surface area contributed by atoms with Crippen molar-refractivity contribution >= 4 is 21.9 Å². The van der Waals surface area contributed by atoms with Crippen molar-refractivity contribution in [2.75, 3.05) is 0 Å². The van der Waals surface area contributed by atoms with Gasteiger partial charge < -0.3 is 5.11 Å². The minimum absolute atomic E-state index is 0.310. The average Bonchev–Trinajstić information content (AvgIpc) is 1.38. The summed E-state index contributed by atoms with van der Waals surface area (Å²) in [6, 6.07) is 0. The molecule has 1 N–H and O–H groups in total. The molecule has 0 radical (unpaired) electrons. The summed E-state index contributed by atoms with van der Waals surface area (Å²) in [4.78, 5) is 0. The normalized spacial score (nSPS) is 6.80. The Kier molecular flexibility index (Phi) is 2.14. The maximum absolute atomic E-state index is 8.18. The molecule has 0 saturated carbocycles. The fourth-order valence-corrected chi connectivity index (χ4v) is 0. The molecule has 0 spiro atoms. The number of hydrogen-bond acceptors (Lipinski definition) is 0. The van der Waals surface area contributed by atoms with E-state index in [1.54, 1.807) is 6.92 Å². The molecule has 1 nitrogen and oxygen atoms in total. The largest absolute Gasteiger partial charge is 0.355 e. The average molecular weight is 90.1 g/mol. The molecule has 5 heavy (non-hydrogen) atoms. The van der Waals surface area contributed by atoms with E-state index >= 15 is 0 Å². The lowest BCUT2D eigenvalue weighted by molar-refractivity contribution is 0.565. The van der Waals surface area contributed by atoms with Crippen LogP contribution in [0.1, 0.15) is 6.92 Å². The van der Waals surface area contributed by atoms with Crippen molar-refractivity contribution in [3.63, 3.8) is 0 Å². The lowest BCUT2D eigenvalue weighted by atomic mass is 10.9. The molecule has 0 aromatic heterocycles. The van der Waals surface area contributed by atoms with Crippen LogP contribution in [0.25, 0.3) is 0 Å². The highest BCUT2D eigenvalue weighted by Crippen LogP contribution is 1.62. The van der Waals surface area contributed by atoms with Crippen LogP contribution in [0.4, 0.5) is 0 Å². The Labute approximate surface area is 34.8 Å². The zero-order chi connectivity index (χ0) is 4.28. The van der Waals surface area contributed by atoms with Gasteiger partial charge in [0, 0.05) is 0 Å². The molecular weight excluding hydrogens is 84.1 g/mol. The third-order valence-electron chi connectivity index (χ3n) is 0.209. The number of rotatable bonds is 0. The molecule has 0 aliphatic heterocycles. The van der Waals surface area contributed by atoms with Crippen LogP contribution in [0.5, 0.6) is 0 Å². The lowest BCUT2D eigenvalue weighted by Gasteiger charge is -1.67. The molecule has 0 atom stereocenters. The molecule has 0 heterocycles. The zero-order valence-electron chi connectivity index (χ0n) is 3.06. The molecule has 0 aliphatic carbocycles. The van der Waals surface area contributed by atoms with Crippen LogP contribution in [-0.2, 0) is 0 Å². The zero-order valence-corrected chi connectivity index (χ0v) is 3.88. The molecule has 0 unspecified atom stereocenters. The third-order valence-corrected chi connectivity index (χ3v) is 0.627. The Balaban J connectivity index is 3.60. The van der Waals surface area contributed by atoms with Gasteiger partial charge in [-0.05, 0) is 12.8 Å². The van der Waals surface area contributed by atoms with E-state index in [0.717, 1.165) is 10.9 Å². The van der Waals surface area contributed by atoms with Crippen molar-refractivity contribution in [1.29, 1.82) is 0 Å². The summed E-state index contributed by atoms with van der Waals surface area (Å²) in [5.74, 6) is 3.31. The Bertz CT molecular complexity index is 67.0. The summed E-state index contributed by atoms with van der Waals surface area (Å²) in [5, 5.41) is 8.49. The van der Waals surface area contributed by atoms with Crippen LogP contribution in [0, 0.1) is 0 Å². The summed E-state index contributed by atoms with van der Waals surface area (Å²) in [6.45, 7) is 1.59. The topological polar surface area (TPSA) is 20.2 Å². The summed E-state index contributed by atoms with van der Waals surface area (Å²) < 4.78 is 0. The first-order valence-corrected chi connectivity index (χ1v) is 2.20. The minimum Gasteiger partial charge on any atom is -0.355 e. The van der Waals surface area contributed by atoms with Crippen molar-refractivity contribution in [2.45, 2.75) is 6.92 Å². The standard InChI is InChI=1S/C3H6OS/c1-3(4)5-2/h4H,2H2,1H3. The highest BCUT2D eigenvalue weighted by Gasteiger charge is 1.59. The van der Waals surface area contributed by atoms with Crippen LogP contribution in [0.15, 0.2) is 0 Å². The van der Waals surface area contributed by atoms with Crippen LogP contribution in [-0.4, -0.2) is 16.0 Å². The second kappa shape index (κ2) is 2.18. The number of hydrogen-bond donors (Lipinski definition) is 1. The first-order valence-electron chi connectivity index (χ1n) is 1.22. The molecule has 0 aromatic carbocycles. The van der Waals surface area contributed by atoms with E-state index in [1.165, 1.54) is 0 Å². The number of aliphatic hydroxyl groups is 1. The Hall–Kier alpha value is -0.0800. The van der Waals surface area contributed by atoms with E-state index in [1.807, 2.05) is 0 Å². The lowest BCUT2D eigenvalue weighted by Crippen LogP contribution is -1.74. The summed E-state index contributed by atoms with van der Waals surface area (Å²) in [6.07, 6.45) is 0. The fourth-order valence-electron chi connectivity index (χ4n) is 0. The van der Waals surface area contributed by atoms with E-state index in [9.17, 15) is 0 Å². The van der Waals surface area contributed by atoms with Crippen LogP contribution < -0.4 is 0 Å². The second-order valence-electron chi connectivity index (χ2n) is 0.663. The van der Waals surface area contributed by atoms with Crippen LogP contribution in [0.3, 0.4) is 0 Å². The SMILES string of the molecule is C=S=C(C)O. The van der Waals surface area contributed by atoms with E-state index in [0.29, 0.717) is 5.05 Å². The summed E-state index contributed by atoms with van der Waals surface area (Å²) >= 11 is 0. The molecule has 0 rings (SSSR count). The van der Waals surface area contributed by atoms with Gasteiger partial charge in [-0.1, -0.05) is 0 Å². The highest BCUT2D eigenvalue weighted by molar-refractivity contribution is 7.95. The Morgan fingerprint density at radius 2 is 2.20 bits per heavy atom. The smallest absolute Gasteiger partial charge is 0.0975 e. The first kappa shape index (κ1) is 4.92. The van der Waals surface area contributed by atoms with Gasteiger partial charge in [0.1, 0.15) is 0 Å². The number of aliphatic hydroxyl groups excluding tert-OH is 1. The van der Waals surface area contributed by atoms with Crippen molar-refractivity contribution in [1.82, 2.24) is 0 Å². The van der Waals surface area contributed by atoms with Crippen molar-refractivity contribution < 1.29 is 5.11 Å². The third kappa shape index (κ3) is 3.92. The van der Waals surface area contributed by atoms with Crippen LogP contribution >= 0.6 is 10.9 Å². The fraction of sp³-hybridized carbons (Fsp3) is 0.333. The summed E-state index contributed by atoms with van der Waals surface area (Å²) in [5.41, 5.74) is 0. The highest BCUT2D eigenvalue weighted by atomic mass is 32.1. The van der Waals surface area contributed by atoms with E-state index in [2.05, 4.69) is 5.87 Å². The summed E-state index contributed by atoms with van der Waals surface area (Å²) in [7, 11) is 1.10. The monoisotopic (exact) mass is 90.0 g/mol. The first-order chi connectivity index (χ1) is 2.27. The van der Waals surface area contributed by atoms with Crippen molar-refractivity contribution in [2.24, 2.45) is 0 Å². The molecule has 0 aromatic rings. The molecule has 30 valence electrons. The molecule has 2 heteroatoms. The van der Waals surface area contributed by atoms with Gasteiger partial charge in [0.05, 0.1) is 5.05 Å². The van der Waals surface area contributed by atoms with Gasteiger partial charge in [-0.2, -0.15) is 0 Å². The maximum Gasteiger partial charge on any atom is 0.0975 e. The quantitative estimate of drug-likeness (QED) is 0.437. The van der Waals surface area contributed by atoms with E-state index in [-0.39, 0.29) is 0 Å². The maximum atomic E-state index is 8.18. The van der Waals surface area contributed by atoms with Gasteiger partial charge in [0.15, 0.2) is 0 Å². The second-order valence-corrected chi connectivity index (χ2v) is 1.54. The van der Waals surface area contributed by atoms with Gasteiger partial charge in [0.2, 0.25) is 0 Å². The van der Waals surface area contributed by atoms with Gasteiger partial charge in [-0.25, -0.2) is 0 Å². The van der Waals surface area contributed by atoms with Gasteiger partial charge in [0.25, 0.3) is 0 Å². The predicted molar refractivity (Wildman–Crippen MR) is 28.0 cm³/mol. The molecule has 0 aliphatic rings. The van der Waals surface area contributed by atoms with Gasteiger partial charge in [-0.15, -0.1) is 10.9 Å². The Morgan fingerprint density at radius 1 is 2.00 bits per heavy atom. The van der Waals surface area contributed by atoms with Crippen molar-refractivity contribution in [3.8, 4) is 0 Å². The van der Waals surface area contributed by atoms with E-state index < -0.39 is 0 Å². The van der Waals surface area contributed by atoms with Crippen molar-refractivity contribution in [3.05, 3.63) is 0 Å². The molecule has 0 bridgehead atoms. The molecule has 0 fully saturated rings.